The lowest BCUT2D eigenvalue weighted by Crippen LogP contribution is -2.28. The average molecular weight is 178 g/mol. The molecule has 0 aliphatic carbocycles. The van der Waals surface area contributed by atoms with Crippen molar-refractivity contribution in [2.75, 3.05) is 11.9 Å². The van der Waals surface area contributed by atoms with Crippen molar-refractivity contribution >= 4 is 11.5 Å². The van der Waals surface area contributed by atoms with Crippen molar-refractivity contribution in [1.29, 1.82) is 0 Å². The predicted molar refractivity (Wildman–Crippen MR) is 51.2 cm³/mol. The van der Waals surface area contributed by atoms with Gasteiger partial charge in [-0.05, 0) is 19.9 Å². The molecule has 0 spiro atoms. The highest BCUT2D eigenvalue weighted by atomic mass is 16.1. The van der Waals surface area contributed by atoms with Crippen LogP contribution in [0, 0.1) is 6.92 Å². The largest absolute Gasteiger partial charge is 0.364 e. The molecule has 0 amide bonds. The summed E-state index contributed by atoms with van der Waals surface area (Å²) in [7, 11) is 1.76. The molecule has 0 saturated heterocycles. The van der Waals surface area contributed by atoms with Crippen LogP contribution < -0.4 is 4.90 Å². The zero-order chi connectivity index (χ0) is 10.5. The van der Waals surface area contributed by atoms with Crippen LogP contribution in [0.1, 0.15) is 24.3 Å². The molecule has 1 aromatic heterocycles. The number of likely N-dealkylation sites (N-methyl/N-ethyl adjacent to an activating group) is 1. The van der Waals surface area contributed by atoms with E-state index in [4.69, 9.17) is 1.37 Å². The maximum atomic E-state index is 11.9. The molecule has 0 fully saturated rings. The van der Waals surface area contributed by atoms with Crippen LogP contribution in [0.3, 0.4) is 0 Å². The van der Waals surface area contributed by atoms with E-state index in [9.17, 15) is 4.79 Å². The van der Waals surface area contributed by atoms with E-state index in [-0.39, 0.29) is 5.78 Å². The van der Waals surface area contributed by atoms with Gasteiger partial charge in [0.2, 0.25) is 0 Å². The topological polar surface area (TPSA) is 33.2 Å². The fourth-order valence-corrected chi connectivity index (χ4v) is 1.63. The summed E-state index contributed by atoms with van der Waals surface area (Å²) in [5.74, 6) is -0.166. The fourth-order valence-electron chi connectivity index (χ4n) is 1.63. The highest BCUT2D eigenvalue weighted by Crippen LogP contribution is 2.31. The third kappa shape index (κ3) is 0.963. The van der Waals surface area contributed by atoms with Crippen LogP contribution >= 0.6 is 0 Å². The summed E-state index contributed by atoms with van der Waals surface area (Å²) >= 11 is 0. The van der Waals surface area contributed by atoms with Crippen LogP contribution in [0.15, 0.2) is 12.3 Å². The number of aryl methyl sites for hydroxylation is 1. The van der Waals surface area contributed by atoms with Gasteiger partial charge in [0.1, 0.15) is 0 Å². The number of carbonyl (C=O) groups is 1. The van der Waals surface area contributed by atoms with Gasteiger partial charge in [0.25, 0.3) is 0 Å². The van der Waals surface area contributed by atoms with Gasteiger partial charge in [-0.2, -0.15) is 0 Å². The standard InChI is InChI=1S/C10H12N2O/c1-6-9-8(4-5-11-6)12(3)7(2)10(9)13/h4-5,7H,1-3H3/i7T. The number of pyridine rings is 1. The van der Waals surface area contributed by atoms with Crippen molar-refractivity contribution in [2.45, 2.75) is 19.9 Å². The van der Waals surface area contributed by atoms with Gasteiger partial charge in [-0.3, -0.25) is 9.78 Å². The third-order valence-corrected chi connectivity index (χ3v) is 2.54. The van der Waals surface area contributed by atoms with E-state index in [2.05, 4.69) is 4.98 Å². The second-order valence-corrected chi connectivity index (χ2v) is 3.26. The molecule has 0 bridgehead atoms. The summed E-state index contributed by atoms with van der Waals surface area (Å²) in [5.41, 5.74) is 2.10. The molecule has 0 aromatic carbocycles. The average Bonchev–Trinajstić information content (AvgIpc) is 2.30. The van der Waals surface area contributed by atoms with Crippen LogP contribution in [0.5, 0.6) is 0 Å². The van der Waals surface area contributed by atoms with Crippen molar-refractivity contribution < 1.29 is 6.17 Å². The SMILES string of the molecule is [3H]C1(C)C(=O)c2c(ccnc2C)N1C. The molecule has 0 saturated carbocycles. The van der Waals surface area contributed by atoms with Gasteiger partial charge in [0.05, 0.1) is 24.3 Å². The number of anilines is 1. The molecule has 2 heterocycles. The van der Waals surface area contributed by atoms with Crippen LogP contribution in [-0.4, -0.2) is 23.8 Å². The summed E-state index contributed by atoms with van der Waals surface area (Å²) in [4.78, 5) is 17.6. The number of Topliss-reactive ketones (excluding diaryl/α,β-unsaturated/α-hetero) is 1. The van der Waals surface area contributed by atoms with Crippen LogP contribution in [-0.2, 0) is 0 Å². The highest BCUT2D eigenvalue weighted by molar-refractivity contribution is 6.11. The molecule has 3 heteroatoms. The van der Waals surface area contributed by atoms with E-state index in [1.807, 2.05) is 0 Å². The van der Waals surface area contributed by atoms with Gasteiger partial charge >= 0.3 is 0 Å². The van der Waals surface area contributed by atoms with Crippen LogP contribution in [0.2, 0.25) is 0 Å². The number of hydrogen-bond donors (Lipinski definition) is 0. The molecule has 1 aliphatic heterocycles. The van der Waals surface area contributed by atoms with Crippen molar-refractivity contribution in [3.05, 3.63) is 23.5 Å². The normalized spacial score (nSPS) is 27.5. The monoisotopic (exact) mass is 178 g/mol. The second-order valence-electron chi connectivity index (χ2n) is 3.26. The molecule has 0 N–H and O–H groups in total. The highest BCUT2D eigenvalue weighted by Gasteiger charge is 2.32. The maximum Gasteiger partial charge on any atom is 0.188 e. The first-order valence-electron chi connectivity index (χ1n) is 4.70. The minimum absolute atomic E-state index is 0.166. The quantitative estimate of drug-likeness (QED) is 0.602. The first-order valence-corrected chi connectivity index (χ1v) is 4.20. The molecular weight excluding hydrogens is 164 g/mol. The van der Waals surface area contributed by atoms with Gasteiger partial charge in [0, 0.05) is 13.2 Å². The van der Waals surface area contributed by atoms with Crippen molar-refractivity contribution in [2.24, 2.45) is 0 Å². The van der Waals surface area contributed by atoms with Gasteiger partial charge in [0.15, 0.2) is 5.78 Å². The van der Waals surface area contributed by atoms with Crippen LogP contribution in [0.4, 0.5) is 5.69 Å². The Morgan fingerprint density at radius 1 is 1.69 bits per heavy atom. The van der Waals surface area contributed by atoms with Crippen LogP contribution in [0.25, 0.3) is 0 Å². The van der Waals surface area contributed by atoms with Gasteiger partial charge < -0.3 is 4.90 Å². The van der Waals surface area contributed by atoms with Crippen molar-refractivity contribution in [1.82, 2.24) is 4.98 Å². The molecule has 13 heavy (non-hydrogen) atoms. The third-order valence-electron chi connectivity index (χ3n) is 2.54. The first kappa shape index (κ1) is 7.06. The zero-order valence-electron chi connectivity index (χ0n) is 8.96. The summed E-state index contributed by atoms with van der Waals surface area (Å²) in [6, 6.07) is 0.593. The second kappa shape index (κ2) is 2.55. The van der Waals surface area contributed by atoms with E-state index >= 15 is 0 Å². The van der Waals surface area contributed by atoms with E-state index in [1.165, 1.54) is 0 Å². The number of hydrogen-bond acceptors (Lipinski definition) is 3. The fraction of sp³-hybridized carbons (Fsp3) is 0.400. The van der Waals surface area contributed by atoms with Crippen molar-refractivity contribution in [3.8, 4) is 0 Å². The molecular formula is C10H12N2O. The Labute approximate surface area is 78.8 Å². The van der Waals surface area contributed by atoms with Gasteiger partial charge in [-0.15, -0.1) is 0 Å². The van der Waals surface area contributed by atoms with E-state index < -0.39 is 6.02 Å². The summed E-state index contributed by atoms with van der Waals surface area (Å²) in [6.07, 6.45) is 1.67. The lowest BCUT2D eigenvalue weighted by Gasteiger charge is -2.16. The van der Waals surface area contributed by atoms with E-state index in [0.717, 1.165) is 5.69 Å². The molecule has 1 aliphatic rings. The summed E-state index contributed by atoms with van der Waals surface area (Å²) in [6.45, 7) is 3.40. The Kier molecular flexibility index (Phi) is 1.39. The predicted octanol–water partition coefficient (Wildman–Crippen LogP) is 1.41. The van der Waals surface area contributed by atoms with Crippen molar-refractivity contribution in [3.63, 3.8) is 0 Å². The molecule has 2 rings (SSSR count). The van der Waals surface area contributed by atoms with E-state index in [1.54, 1.807) is 38.1 Å². The van der Waals surface area contributed by atoms with Gasteiger partial charge in [-0.25, -0.2) is 0 Å². The number of rotatable bonds is 0. The zero-order valence-corrected chi connectivity index (χ0v) is 7.96. The Balaban J connectivity index is 2.71. The minimum Gasteiger partial charge on any atom is -0.364 e. The number of carbonyl (C=O) groups excluding carboxylic acids is 1. The van der Waals surface area contributed by atoms with E-state index in [0.29, 0.717) is 11.3 Å². The lowest BCUT2D eigenvalue weighted by molar-refractivity contribution is 0.0978. The molecule has 0 radical (unpaired) electrons. The number of aromatic nitrogens is 1. The van der Waals surface area contributed by atoms with Gasteiger partial charge in [-0.1, -0.05) is 0 Å². The summed E-state index contributed by atoms with van der Waals surface area (Å²) < 4.78 is 7.93. The smallest absolute Gasteiger partial charge is 0.188 e. The summed E-state index contributed by atoms with van der Waals surface area (Å²) in [5, 5.41) is 0. The number of ketones is 1. The number of nitrogens with zero attached hydrogens (tertiary/aromatic N) is 2. The Hall–Kier alpha value is -1.38. The molecule has 1 unspecified atom stereocenters. The molecule has 3 nitrogen and oxygen atoms in total. The number of fused-ring (bicyclic) bond motifs is 1. The Bertz CT molecular complexity index is 415. The molecule has 1 aromatic rings. The first-order chi connectivity index (χ1) is 6.46. The minimum atomic E-state index is -1.18. The maximum absolute atomic E-state index is 11.9. The molecule has 1 atom stereocenters. The Morgan fingerprint density at radius 3 is 3.00 bits per heavy atom. The lowest BCUT2D eigenvalue weighted by atomic mass is 10.1. The Morgan fingerprint density at radius 2 is 2.38 bits per heavy atom. The molecule has 68 valence electrons.